The van der Waals surface area contributed by atoms with E-state index in [-0.39, 0.29) is 11.4 Å². The number of hydrogen-bond donors (Lipinski definition) is 2. The number of carbonyl (C=O) groups is 1. The van der Waals surface area contributed by atoms with Gasteiger partial charge in [-0.1, -0.05) is 0 Å². The minimum atomic E-state index is -0.262. The van der Waals surface area contributed by atoms with Crippen LogP contribution in [0.3, 0.4) is 0 Å². The molecule has 0 aliphatic heterocycles. The van der Waals surface area contributed by atoms with E-state index in [2.05, 4.69) is 23.7 Å². The summed E-state index contributed by atoms with van der Waals surface area (Å²) in [4.78, 5) is 12.9. The average molecular weight is 254 g/mol. The zero-order valence-corrected chi connectivity index (χ0v) is 11.7. The van der Waals surface area contributed by atoms with Crippen LogP contribution >= 0.6 is 11.3 Å². The SMILES string of the molecule is Cc1ccsc1CCNC(=O)CCC(C)(C)N. The molecule has 0 atom stereocenters. The third-order valence-electron chi connectivity index (χ3n) is 2.64. The zero-order chi connectivity index (χ0) is 12.9. The lowest BCUT2D eigenvalue weighted by Crippen LogP contribution is -2.34. The van der Waals surface area contributed by atoms with E-state index in [1.54, 1.807) is 11.3 Å². The molecule has 0 spiro atoms. The lowest BCUT2D eigenvalue weighted by Gasteiger charge is -2.17. The molecule has 96 valence electrons. The summed E-state index contributed by atoms with van der Waals surface area (Å²) >= 11 is 1.75. The summed E-state index contributed by atoms with van der Waals surface area (Å²) in [6.07, 6.45) is 2.14. The van der Waals surface area contributed by atoms with Crippen molar-refractivity contribution in [3.8, 4) is 0 Å². The number of nitrogens with two attached hydrogens (primary N) is 1. The minimum absolute atomic E-state index is 0.0951. The fraction of sp³-hybridized carbons (Fsp3) is 0.615. The normalized spacial score (nSPS) is 11.5. The van der Waals surface area contributed by atoms with Gasteiger partial charge in [0, 0.05) is 23.4 Å². The fourth-order valence-corrected chi connectivity index (χ4v) is 2.41. The molecular formula is C13H22N2OS. The van der Waals surface area contributed by atoms with Gasteiger partial charge in [-0.25, -0.2) is 0 Å². The maximum absolute atomic E-state index is 11.5. The molecule has 0 radical (unpaired) electrons. The first-order chi connectivity index (χ1) is 7.88. The van der Waals surface area contributed by atoms with Gasteiger partial charge < -0.3 is 11.1 Å². The molecule has 0 aliphatic carbocycles. The number of thiophene rings is 1. The van der Waals surface area contributed by atoms with Crippen LogP contribution in [0.5, 0.6) is 0 Å². The van der Waals surface area contributed by atoms with Crippen LogP contribution in [0.4, 0.5) is 0 Å². The summed E-state index contributed by atoms with van der Waals surface area (Å²) in [6, 6.07) is 2.11. The van der Waals surface area contributed by atoms with Gasteiger partial charge in [0.2, 0.25) is 5.91 Å². The van der Waals surface area contributed by atoms with E-state index < -0.39 is 0 Å². The number of carbonyl (C=O) groups excluding carboxylic acids is 1. The molecule has 1 aromatic rings. The van der Waals surface area contributed by atoms with E-state index in [4.69, 9.17) is 5.73 Å². The Morgan fingerprint density at radius 3 is 2.76 bits per heavy atom. The van der Waals surface area contributed by atoms with Crippen molar-refractivity contribution < 1.29 is 4.79 Å². The second kappa shape index (κ2) is 6.17. The van der Waals surface area contributed by atoms with Crippen molar-refractivity contribution in [2.45, 2.75) is 45.6 Å². The first kappa shape index (κ1) is 14.2. The number of rotatable bonds is 6. The molecular weight excluding hydrogens is 232 g/mol. The van der Waals surface area contributed by atoms with Crippen molar-refractivity contribution >= 4 is 17.2 Å². The smallest absolute Gasteiger partial charge is 0.220 e. The number of nitrogens with one attached hydrogen (secondary N) is 1. The van der Waals surface area contributed by atoms with Crippen LogP contribution in [0.25, 0.3) is 0 Å². The van der Waals surface area contributed by atoms with Gasteiger partial charge in [-0.3, -0.25) is 4.79 Å². The Balaban J connectivity index is 2.19. The van der Waals surface area contributed by atoms with Gasteiger partial charge in [0.25, 0.3) is 0 Å². The van der Waals surface area contributed by atoms with E-state index in [1.165, 1.54) is 10.4 Å². The van der Waals surface area contributed by atoms with E-state index >= 15 is 0 Å². The first-order valence-electron chi connectivity index (χ1n) is 5.97. The Hall–Kier alpha value is -0.870. The Bertz CT molecular complexity index is 366. The summed E-state index contributed by atoms with van der Waals surface area (Å²) in [5.41, 5.74) is 6.88. The Morgan fingerprint density at radius 1 is 1.53 bits per heavy atom. The number of aryl methyl sites for hydroxylation is 1. The third kappa shape index (κ3) is 5.84. The molecule has 1 aromatic heterocycles. The second-order valence-electron chi connectivity index (χ2n) is 5.12. The van der Waals surface area contributed by atoms with Gasteiger partial charge in [0.1, 0.15) is 0 Å². The largest absolute Gasteiger partial charge is 0.356 e. The van der Waals surface area contributed by atoms with Crippen molar-refractivity contribution in [1.29, 1.82) is 0 Å². The molecule has 4 heteroatoms. The van der Waals surface area contributed by atoms with Gasteiger partial charge in [0.15, 0.2) is 0 Å². The standard InChI is InChI=1S/C13H22N2OS/c1-10-6-9-17-11(10)5-8-15-12(16)4-7-13(2,3)14/h6,9H,4-5,7-8,14H2,1-3H3,(H,15,16). The van der Waals surface area contributed by atoms with Crippen molar-refractivity contribution in [3.05, 3.63) is 21.9 Å². The molecule has 0 fully saturated rings. The molecule has 1 amide bonds. The molecule has 17 heavy (non-hydrogen) atoms. The second-order valence-corrected chi connectivity index (χ2v) is 6.12. The van der Waals surface area contributed by atoms with Gasteiger partial charge in [-0.15, -0.1) is 11.3 Å². The molecule has 1 heterocycles. The van der Waals surface area contributed by atoms with Crippen LogP contribution in [-0.2, 0) is 11.2 Å². The maximum Gasteiger partial charge on any atom is 0.220 e. The number of amides is 1. The lowest BCUT2D eigenvalue weighted by molar-refractivity contribution is -0.121. The van der Waals surface area contributed by atoms with Crippen LogP contribution in [0, 0.1) is 6.92 Å². The van der Waals surface area contributed by atoms with Gasteiger partial charge in [-0.2, -0.15) is 0 Å². The average Bonchev–Trinajstić information content (AvgIpc) is 2.61. The summed E-state index contributed by atoms with van der Waals surface area (Å²) < 4.78 is 0. The lowest BCUT2D eigenvalue weighted by atomic mass is 10.00. The van der Waals surface area contributed by atoms with Gasteiger partial charge >= 0.3 is 0 Å². The molecule has 0 unspecified atom stereocenters. The van der Waals surface area contributed by atoms with Gasteiger partial charge in [-0.05, 0) is 50.6 Å². The first-order valence-corrected chi connectivity index (χ1v) is 6.85. The molecule has 0 aliphatic rings. The highest BCUT2D eigenvalue weighted by molar-refractivity contribution is 7.10. The Labute approximate surface area is 107 Å². The highest BCUT2D eigenvalue weighted by atomic mass is 32.1. The predicted octanol–water partition coefficient (Wildman–Crippen LogP) is 2.23. The van der Waals surface area contributed by atoms with E-state index in [1.807, 2.05) is 13.8 Å². The summed E-state index contributed by atoms with van der Waals surface area (Å²) in [7, 11) is 0. The van der Waals surface area contributed by atoms with E-state index in [9.17, 15) is 4.79 Å². The molecule has 0 aromatic carbocycles. The van der Waals surface area contributed by atoms with Crippen LogP contribution in [0.1, 0.15) is 37.1 Å². The summed E-state index contributed by atoms with van der Waals surface area (Å²) in [5, 5.41) is 5.02. The molecule has 0 saturated carbocycles. The molecule has 3 N–H and O–H groups in total. The van der Waals surface area contributed by atoms with Crippen molar-refractivity contribution in [2.75, 3.05) is 6.54 Å². The topological polar surface area (TPSA) is 55.1 Å². The van der Waals surface area contributed by atoms with Crippen molar-refractivity contribution in [1.82, 2.24) is 5.32 Å². The van der Waals surface area contributed by atoms with Crippen molar-refractivity contribution in [3.63, 3.8) is 0 Å². The van der Waals surface area contributed by atoms with Gasteiger partial charge in [0.05, 0.1) is 0 Å². The molecule has 1 rings (SSSR count). The number of hydrogen-bond acceptors (Lipinski definition) is 3. The zero-order valence-electron chi connectivity index (χ0n) is 10.9. The highest BCUT2D eigenvalue weighted by Gasteiger charge is 2.12. The van der Waals surface area contributed by atoms with Crippen LogP contribution in [0.2, 0.25) is 0 Å². The molecule has 0 bridgehead atoms. The quantitative estimate of drug-likeness (QED) is 0.818. The summed E-state index contributed by atoms with van der Waals surface area (Å²) in [6.45, 7) is 6.69. The highest BCUT2D eigenvalue weighted by Crippen LogP contribution is 2.15. The predicted molar refractivity (Wildman–Crippen MR) is 73.3 cm³/mol. The fourth-order valence-electron chi connectivity index (χ4n) is 1.50. The van der Waals surface area contributed by atoms with E-state index in [0.29, 0.717) is 13.0 Å². The Kier molecular flexibility index (Phi) is 5.15. The monoisotopic (exact) mass is 254 g/mol. The van der Waals surface area contributed by atoms with E-state index in [0.717, 1.165) is 12.8 Å². The molecule has 0 saturated heterocycles. The summed E-state index contributed by atoms with van der Waals surface area (Å²) in [5.74, 6) is 0.0951. The van der Waals surface area contributed by atoms with Crippen LogP contribution in [-0.4, -0.2) is 18.0 Å². The third-order valence-corrected chi connectivity index (χ3v) is 3.72. The minimum Gasteiger partial charge on any atom is -0.356 e. The molecule has 3 nitrogen and oxygen atoms in total. The van der Waals surface area contributed by atoms with Crippen LogP contribution in [0.15, 0.2) is 11.4 Å². The van der Waals surface area contributed by atoms with Crippen molar-refractivity contribution in [2.24, 2.45) is 5.73 Å². The van der Waals surface area contributed by atoms with Crippen LogP contribution < -0.4 is 11.1 Å². The Morgan fingerprint density at radius 2 is 2.24 bits per heavy atom. The maximum atomic E-state index is 11.5.